The topological polar surface area (TPSA) is 37.4 Å². The Morgan fingerprint density at radius 2 is 2.10 bits per heavy atom. The smallest absolute Gasteiger partial charge is 0.258 e. The number of rotatable bonds is 2. The van der Waals surface area contributed by atoms with Gasteiger partial charge in [0.15, 0.2) is 0 Å². The lowest BCUT2D eigenvalue weighted by atomic mass is 9.94. The molecule has 0 spiro atoms. The third-order valence-corrected chi connectivity index (χ3v) is 4.87. The largest absolute Gasteiger partial charge is 0.335 e. The highest BCUT2D eigenvalue weighted by Gasteiger charge is 2.41. The van der Waals surface area contributed by atoms with Crippen LogP contribution < -0.4 is 0 Å². The van der Waals surface area contributed by atoms with E-state index in [9.17, 15) is 14.0 Å². The van der Waals surface area contributed by atoms with Crippen molar-refractivity contribution in [1.82, 2.24) is 4.90 Å². The summed E-state index contributed by atoms with van der Waals surface area (Å²) in [6.45, 7) is 0.567. The van der Waals surface area contributed by atoms with Gasteiger partial charge in [-0.25, -0.2) is 4.39 Å². The second kappa shape index (κ2) is 5.76. The summed E-state index contributed by atoms with van der Waals surface area (Å²) in [5.74, 6) is -0.836. The molecule has 1 heterocycles. The highest BCUT2D eigenvalue weighted by Crippen LogP contribution is 2.35. The third-order valence-electron chi connectivity index (χ3n) is 4.55. The van der Waals surface area contributed by atoms with E-state index in [1.807, 2.05) is 0 Å². The van der Waals surface area contributed by atoms with E-state index < -0.39 is 5.82 Å². The first-order valence-corrected chi connectivity index (χ1v) is 7.75. The first-order valence-electron chi connectivity index (χ1n) is 7.37. The average Bonchev–Trinajstić information content (AvgIpc) is 3.06. The van der Waals surface area contributed by atoms with Crippen LogP contribution in [0.3, 0.4) is 0 Å². The van der Waals surface area contributed by atoms with Crippen LogP contribution in [-0.2, 0) is 4.79 Å². The van der Waals surface area contributed by atoms with Crippen molar-refractivity contribution in [2.75, 3.05) is 6.54 Å². The van der Waals surface area contributed by atoms with Crippen LogP contribution in [0.15, 0.2) is 18.2 Å². The molecule has 112 valence electrons. The summed E-state index contributed by atoms with van der Waals surface area (Å²) in [6, 6.07) is 4.15. The predicted molar refractivity (Wildman–Crippen MR) is 77.8 cm³/mol. The number of nitrogens with zero attached hydrogens (tertiary/aromatic N) is 1. The van der Waals surface area contributed by atoms with Gasteiger partial charge in [0, 0.05) is 24.9 Å². The minimum Gasteiger partial charge on any atom is -0.335 e. The summed E-state index contributed by atoms with van der Waals surface area (Å²) < 4.78 is 13.9. The van der Waals surface area contributed by atoms with E-state index in [1.54, 1.807) is 4.90 Å². The number of ketones is 1. The number of Topliss-reactive ketones (excluding diaryl/α,β-unsaturated/α-hetero) is 1. The molecule has 1 aromatic carbocycles. The summed E-state index contributed by atoms with van der Waals surface area (Å²) in [5, 5.41) is 0.128. The Kier molecular flexibility index (Phi) is 3.98. The maximum atomic E-state index is 13.9. The van der Waals surface area contributed by atoms with Crippen LogP contribution in [0.5, 0.6) is 0 Å². The number of hydrogen-bond acceptors (Lipinski definition) is 2. The van der Waals surface area contributed by atoms with Gasteiger partial charge in [-0.1, -0.05) is 17.7 Å². The van der Waals surface area contributed by atoms with Gasteiger partial charge in [0.25, 0.3) is 5.91 Å². The molecule has 0 radical (unpaired) electrons. The van der Waals surface area contributed by atoms with Crippen molar-refractivity contribution in [1.29, 1.82) is 0 Å². The highest BCUT2D eigenvalue weighted by molar-refractivity contribution is 6.33. The van der Waals surface area contributed by atoms with Crippen molar-refractivity contribution >= 4 is 23.3 Å². The Bertz CT molecular complexity index is 569. The molecule has 2 fully saturated rings. The van der Waals surface area contributed by atoms with Crippen LogP contribution in [-0.4, -0.2) is 29.2 Å². The second-order valence-corrected chi connectivity index (χ2v) is 6.18. The Morgan fingerprint density at radius 3 is 2.76 bits per heavy atom. The molecule has 0 aromatic heterocycles. The van der Waals surface area contributed by atoms with Gasteiger partial charge in [-0.2, -0.15) is 0 Å². The summed E-state index contributed by atoms with van der Waals surface area (Å²) in [6.07, 6.45) is 3.99. The van der Waals surface area contributed by atoms with Gasteiger partial charge in [-0.15, -0.1) is 0 Å². The highest BCUT2D eigenvalue weighted by atomic mass is 35.5. The van der Waals surface area contributed by atoms with Crippen LogP contribution in [0.1, 0.15) is 42.5 Å². The Labute approximate surface area is 128 Å². The standard InChI is InChI=1S/C16H17ClFNO2/c17-11-5-2-6-12(18)15(11)16(21)19-9-3-7-13(19)10-4-1-8-14(10)20/h2,5-6,10,13H,1,3-4,7-9H2. The molecular weight excluding hydrogens is 293 g/mol. The zero-order valence-corrected chi connectivity index (χ0v) is 12.4. The lowest BCUT2D eigenvalue weighted by molar-refractivity contribution is -0.121. The number of likely N-dealkylation sites (tertiary alicyclic amines) is 1. The third kappa shape index (κ3) is 2.57. The molecule has 0 N–H and O–H groups in total. The van der Waals surface area contributed by atoms with E-state index in [4.69, 9.17) is 11.6 Å². The normalized spacial score (nSPS) is 25.6. The van der Waals surface area contributed by atoms with Crippen molar-refractivity contribution in [2.45, 2.75) is 38.1 Å². The molecular formula is C16H17ClFNO2. The number of carbonyl (C=O) groups is 2. The molecule has 3 nitrogen and oxygen atoms in total. The van der Waals surface area contributed by atoms with Gasteiger partial charge in [-0.05, 0) is 37.8 Å². The lowest BCUT2D eigenvalue weighted by Gasteiger charge is -2.29. The van der Waals surface area contributed by atoms with Gasteiger partial charge < -0.3 is 4.90 Å². The van der Waals surface area contributed by atoms with Gasteiger partial charge in [0.1, 0.15) is 11.6 Å². The lowest BCUT2D eigenvalue weighted by Crippen LogP contribution is -2.41. The zero-order chi connectivity index (χ0) is 15.0. The Hall–Kier alpha value is -1.42. The SMILES string of the molecule is O=C1CCCC1C1CCCN1C(=O)c1c(F)cccc1Cl. The molecule has 1 aromatic rings. The van der Waals surface area contributed by atoms with Crippen molar-refractivity contribution in [3.05, 3.63) is 34.6 Å². The molecule has 5 heteroatoms. The molecule has 2 atom stereocenters. The quantitative estimate of drug-likeness (QED) is 0.839. The van der Waals surface area contributed by atoms with Crippen molar-refractivity contribution in [3.8, 4) is 0 Å². The molecule has 1 saturated carbocycles. The van der Waals surface area contributed by atoms with Gasteiger partial charge in [-0.3, -0.25) is 9.59 Å². The number of carbonyl (C=O) groups excluding carboxylic acids is 2. The van der Waals surface area contributed by atoms with Crippen LogP contribution >= 0.6 is 11.6 Å². The van der Waals surface area contributed by atoms with Gasteiger partial charge in [0.05, 0.1) is 10.6 Å². The molecule has 21 heavy (non-hydrogen) atoms. The Balaban J connectivity index is 1.88. The maximum Gasteiger partial charge on any atom is 0.258 e. The van der Waals surface area contributed by atoms with Gasteiger partial charge in [0.2, 0.25) is 0 Å². The monoisotopic (exact) mass is 309 g/mol. The molecule has 1 aliphatic carbocycles. The Morgan fingerprint density at radius 1 is 1.29 bits per heavy atom. The molecule has 1 amide bonds. The fraction of sp³-hybridized carbons (Fsp3) is 0.500. The van der Waals surface area contributed by atoms with Crippen molar-refractivity contribution in [2.24, 2.45) is 5.92 Å². The summed E-state index contributed by atoms with van der Waals surface area (Å²) in [5.41, 5.74) is -0.0727. The second-order valence-electron chi connectivity index (χ2n) is 5.77. The molecule has 1 aliphatic heterocycles. The summed E-state index contributed by atoms with van der Waals surface area (Å²) in [7, 11) is 0. The van der Waals surface area contributed by atoms with Gasteiger partial charge >= 0.3 is 0 Å². The summed E-state index contributed by atoms with van der Waals surface area (Å²) >= 11 is 5.98. The molecule has 1 saturated heterocycles. The molecule has 0 bridgehead atoms. The molecule has 3 rings (SSSR count). The van der Waals surface area contributed by atoms with E-state index in [0.717, 1.165) is 25.7 Å². The fourth-order valence-corrected chi connectivity index (χ4v) is 3.80. The zero-order valence-electron chi connectivity index (χ0n) is 11.6. The number of hydrogen-bond donors (Lipinski definition) is 0. The van der Waals surface area contributed by atoms with E-state index in [1.165, 1.54) is 18.2 Å². The van der Waals surface area contributed by atoms with Crippen LogP contribution in [0.25, 0.3) is 0 Å². The number of benzene rings is 1. The number of halogens is 2. The number of amides is 1. The van der Waals surface area contributed by atoms with E-state index >= 15 is 0 Å². The first-order chi connectivity index (χ1) is 10.1. The first kappa shape index (κ1) is 14.5. The molecule has 2 unspecified atom stereocenters. The molecule has 2 aliphatic rings. The van der Waals surface area contributed by atoms with Crippen LogP contribution in [0, 0.1) is 11.7 Å². The average molecular weight is 310 g/mol. The minimum absolute atomic E-state index is 0.0727. The minimum atomic E-state index is -0.601. The van der Waals surface area contributed by atoms with Crippen molar-refractivity contribution in [3.63, 3.8) is 0 Å². The summed E-state index contributed by atoms with van der Waals surface area (Å²) in [4.78, 5) is 26.3. The van der Waals surface area contributed by atoms with E-state index in [-0.39, 0.29) is 34.2 Å². The van der Waals surface area contributed by atoms with Crippen LogP contribution in [0.2, 0.25) is 5.02 Å². The van der Waals surface area contributed by atoms with Crippen LogP contribution in [0.4, 0.5) is 4.39 Å². The predicted octanol–water partition coefficient (Wildman–Crippen LogP) is 3.45. The van der Waals surface area contributed by atoms with Crippen molar-refractivity contribution < 1.29 is 14.0 Å². The van der Waals surface area contributed by atoms with E-state index in [0.29, 0.717) is 13.0 Å². The maximum absolute atomic E-state index is 13.9. The van der Waals surface area contributed by atoms with E-state index in [2.05, 4.69) is 0 Å². The fourth-order valence-electron chi connectivity index (χ4n) is 3.56.